The molecule has 1 unspecified atom stereocenters. The Morgan fingerprint density at radius 2 is 1.70 bits per heavy atom. The van der Waals surface area contributed by atoms with Gasteiger partial charge < -0.3 is 10.1 Å². The summed E-state index contributed by atoms with van der Waals surface area (Å²) < 4.78 is 69.6. The number of ketones is 1. The first-order valence-corrected chi connectivity index (χ1v) is 11.1. The van der Waals surface area contributed by atoms with Gasteiger partial charge in [0.15, 0.2) is 11.9 Å². The van der Waals surface area contributed by atoms with Gasteiger partial charge in [0.05, 0.1) is 16.9 Å². The lowest BCUT2D eigenvalue weighted by Crippen LogP contribution is -2.32. The summed E-state index contributed by atoms with van der Waals surface area (Å²) in [6.07, 6.45) is -6.37. The van der Waals surface area contributed by atoms with Gasteiger partial charge >= 0.3 is 12.1 Å². The summed E-state index contributed by atoms with van der Waals surface area (Å²) in [6, 6.07) is 9.22. The van der Waals surface area contributed by atoms with Crippen LogP contribution in [-0.4, -0.2) is 38.7 Å². The number of sulfonamides is 1. The molecule has 0 bridgehead atoms. The highest BCUT2D eigenvalue weighted by atomic mass is 32.2. The number of benzene rings is 2. The minimum Gasteiger partial charge on any atom is -0.452 e. The number of alkyl halides is 3. The van der Waals surface area contributed by atoms with E-state index in [0.29, 0.717) is 17.3 Å². The molecule has 0 heterocycles. The van der Waals surface area contributed by atoms with Gasteiger partial charge in [-0.15, -0.1) is 0 Å². The molecule has 0 fully saturated rings. The minimum atomic E-state index is -4.71. The van der Waals surface area contributed by atoms with E-state index in [1.54, 1.807) is 0 Å². The Bertz CT molecular complexity index is 1130. The van der Waals surface area contributed by atoms with Crippen LogP contribution in [0.15, 0.2) is 53.4 Å². The highest BCUT2D eigenvalue weighted by Gasteiger charge is 2.31. The van der Waals surface area contributed by atoms with Crippen LogP contribution < -0.4 is 10.0 Å². The molecule has 2 aromatic rings. The number of anilines is 1. The molecule has 0 aliphatic rings. The van der Waals surface area contributed by atoms with Crippen LogP contribution >= 0.6 is 0 Å². The number of hydrogen-bond donors (Lipinski definition) is 2. The van der Waals surface area contributed by atoms with Crippen molar-refractivity contribution >= 4 is 33.4 Å². The molecule has 2 rings (SSSR count). The van der Waals surface area contributed by atoms with E-state index in [1.165, 1.54) is 38.1 Å². The van der Waals surface area contributed by atoms with Gasteiger partial charge in [-0.2, -0.15) is 13.2 Å². The largest absolute Gasteiger partial charge is 0.452 e. The maximum Gasteiger partial charge on any atom is 0.416 e. The van der Waals surface area contributed by atoms with Crippen LogP contribution in [0.1, 0.15) is 36.2 Å². The van der Waals surface area contributed by atoms with Crippen LogP contribution in [0.4, 0.5) is 18.9 Å². The van der Waals surface area contributed by atoms with Gasteiger partial charge in [0.2, 0.25) is 10.0 Å². The minimum absolute atomic E-state index is 0.140. The van der Waals surface area contributed by atoms with Crippen molar-refractivity contribution in [2.24, 2.45) is 0 Å². The maximum absolute atomic E-state index is 12.8. The fraction of sp³-hybridized carbons (Fsp3) is 0.286. The van der Waals surface area contributed by atoms with E-state index in [1.807, 2.05) is 4.72 Å². The molecule has 2 N–H and O–H groups in total. The van der Waals surface area contributed by atoms with Crippen LogP contribution in [0.3, 0.4) is 0 Å². The zero-order chi connectivity index (χ0) is 24.8. The van der Waals surface area contributed by atoms with Crippen LogP contribution in [0.2, 0.25) is 0 Å². The number of esters is 1. The van der Waals surface area contributed by atoms with E-state index < -0.39 is 57.6 Å². The van der Waals surface area contributed by atoms with E-state index >= 15 is 0 Å². The van der Waals surface area contributed by atoms with Gasteiger partial charge in [-0.1, -0.05) is 6.07 Å². The normalized spacial score (nSPS) is 12.6. The lowest BCUT2D eigenvalue weighted by molar-refractivity contribution is -0.153. The van der Waals surface area contributed by atoms with Crippen LogP contribution in [0.25, 0.3) is 0 Å². The van der Waals surface area contributed by atoms with E-state index in [-0.39, 0.29) is 5.78 Å². The van der Waals surface area contributed by atoms with Crippen molar-refractivity contribution in [1.29, 1.82) is 0 Å². The fourth-order valence-corrected chi connectivity index (χ4v) is 3.63. The predicted molar refractivity (Wildman–Crippen MR) is 112 cm³/mol. The van der Waals surface area contributed by atoms with Gasteiger partial charge in [0.1, 0.15) is 0 Å². The van der Waals surface area contributed by atoms with Gasteiger partial charge in [-0.3, -0.25) is 14.4 Å². The molecule has 178 valence electrons. The number of halogens is 3. The molecular weight excluding hydrogens is 465 g/mol. The average molecular weight is 486 g/mol. The van der Waals surface area contributed by atoms with E-state index in [4.69, 9.17) is 4.74 Å². The zero-order valence-corrected chi connectivity index (χ0v) is 18.4. The van der Waals surface area contributed by atoms with Gasteiger partial charge in [0.25, 0.3) is 5.91 Å². The van der Waals surface area contributed by atoms with Gasteiger partial charge in [-0.05, 0) is 56.3 Å². The first-order valence-electron chi connectivity index (χ1n) is 9.58. The second kappa shape index (κ2) is 10.6. The monoisotopic (exact) mass is 486 g/mol. The lowest BCUT2D eigenvalue weighted by Gasteiger charge is -2.14. The third kappa shape index (κ3) is 7.68. The van der Waals surface area contributed by atoms with Crippen LogP contribution in [0, 0.1) is 0 Å². The Hall–Kier alpha value is -3.25. The molecule has 0 saturated heterocycles. The third-order valence-corrected chi connectivity index (χ3v) is 5.79. The number of ether oxygens (including phenoxy) is 1. The SMILES string of the molecule is CC(=O)c1ccc(NC(=O)C(C)OC(=O)CCNS(=O)(=O)c2cccc(C(F)(F)F)c2)cc1. The molecule has 0 spiro atoms. The predicted octanol–water partition coefficient (Wildman–Crippen LogP) is 3.15. The fourth-order valence-electron chi connectivity index (χ4n) is 2.55. The molecule has 2 aromatic carbocycles. The summed E-state index contributed by atoms with van der Waals surface area (Å²) in [6.45, 7) is 2.26. The summed E-state index contributed by atoms with van der Waals surface area (Å²) in [5.74, 6) is -1.68. The van der Waals surface area contributed by atoms with E-state index in [0.717, 1.165) is 18.2 Å². The Morgan fingerprint density at radius 1 is 1.06 bits per heavy atom. The molecular formula is C21H21F3N2O6S. The number of carbonyl (C=O) groups excluding carboxylic acids is 3. The first kappa shape index (κ1) is 26.0. The second-order valence-electron chi connectivity index (χ2n) is 6.93. The van der Waals surface area contributed by atoms with Crippen molar-refractivity contribution in [3.8, 4) is 0 Å². The summed E-state index contributed by atoms with van der Waals surface area (Å²) in [5, 5.41) is 2.50. The lowest BCUT2D eigenvalue weighted by atomic mass is 10.1. The quantitative estimate of drug-likeness (QED) is 0.415. The Kier molecular flexibility index (Phi) is 8.34. The van der Waals surface area contributed by atoms with Crippen molar-refractivity contribution in [1.82, 2.24) is 4.72 Å². The second-order valence-corrected chi connectivity index (χ2v) is 8.70. The van der Waals surface area contributed by atoms with Gasteiger partial charge in [-0.25, -0.2) is 13.1 Å². The zero-order valence-electron chi connectivity index (χ0n) is 17.6. The smallest absolute Gasteiger partial charge is 0.416 e. The topological polar surface area (TPSA) is 119 Å². The highest BCUT2D eigenvalue weighted by molar-refractivity contribution is 7.89. The number of nitrogens with one attached hydrogen (secondary N) is 2. The van der Waals surface area contributed by atoms with Crippen LogP contribution in [0.5, 0.6) is 0 Å². The number of hydrogen-bond acceptors (Lipinski definition) is 6. The summed E-state index contributed by atoms with van der Waals surface area (Å²) in [5.41, 5.74) is -0.289. The molecule has 0 aromatic heterocycles. The Labute approximate surface area is 188 Å². The summed E-state index contributed by atoms with van der Waals surface area (Å²) in [4.78, 5) is 34.7. The van der Waals surface area contributed by atoms with E-state index in [9.17, 15) is 36.0 Å². The summed E-state index contributed by atoms with van der Waals surface area (Å²) >= 11 is 0. The number of Topliss-reactive ketones (excluding diaryl/α,β-unsaturated/α-hetero) is 1. The van der Waals surface area contributed by atoms with Crippen molar-refractivity contribution in [2.45, 2.75) is 37.4 Å². The number of rotatable bonds is 9. The first-order chi connectivity index (χ1) is 15.3. The molecule has 12 heteroatoms. The Morgan fingerprint density at radius 3 is 2.27 bits per heavy atom. The van der Waals surface area contributed by atoms with Crippen molar-refractivity contribution in [3.05, 3.63) is 59.7 Å². The third-order valence-electron chi connectivity index (χ3n) is 4.33. The number of amides is 1. The van der Waals surface area contributed by atoms with Crippen molar-refractivity contribution in [3.63, 3.8) is 0 Å². The Balaban J connectivity index is 1.85. The molecule has 8 nitrogen and oxygen atoms in total. The highest BCUT2D eigenvalue weighted by Crippen LogP contribution is 2.30. The summed E-state index contributed by atoms with van der Waals surface area (Å²) in [7, 11) is -4.29. The molecule has 0 radical (unpaired) electrons. The van der Waals surface area contributed by atoms with Crippen LogP contribution in [-0.2, 0) is 30.5 Å². The average Bonchev–Trinajstić information content (AvgIpc) is 2.73. The van der Waals surface area contributed by atoms with E-state index in [2.05, 4.69) is 5.32 Å². The van der Waals surface area contributed by atoms with Crippen molar-refractivity contribution < 1.29 is 40.7 Å². The molecule has 1 atom stereocenters. The maximum atomic E-state index is 12.8. The molecule has 0 aliphatic heterocycles. The number of carbonyl (C=O) groups is 3. The van der Waals surface area contributed by atoms with Gasteiger partial charge in [0, 0.05) is 17.8 Å². The molecule has 1 amide bonds. The standard InChI is InChI=1S/C21H21F3N2O6S/c1-13(27)15-6-8-17(9-7-15)26-20(29)14(2)32-19(28)10-11-25-33(30,31)18-5-3-4-16(12-18)21(22,23)24/h3-9,12,14,25H,10-11H2,1-2H3,(H,26,29). The molecule has 33 heavy (non-hydrogen) atoms. The molecule has 0 saturated carbocycles. The van der Waals surface area contributed by atoms with Crippen molar-refractivity contribution in [2.75, 3.05) is 11.9 Å². The molecule has 0 aliphatic carbocycles.